The topological polar surface area (TPSA) is 117 Å². The largest absolute Gasteiger partial charge is 0.388 e. The zero-order valence-electron chi connectivity index (χ0n) is 20.6. The summed E-state index contributed by atoms with van der Waals surface area (Å²) in [5.74, 6) is -0.377. The Balaban J connectivity index is 1.59. The third-order valence-electron chi connectivity index (χ3n) is 7.07. The fourth-order valence-corrected chi connectivity index (χ4v) is 5.10. The molecule has 3 amide bonds. The van der Waals surface area contributed by atoms with E-state index in [1.165, 1.54) is 0 Å². The first kappa shape index (κ1) is 24.0. The maximum Gasteiger partial charge on any atom is 0.257 e. The van der Waals surface area contributed by atoms with E-state index in [1.54, 1.807) is 48.2 Å². The Morgan fingerprint density at radius 2 is 1.86 bits per heavy atom. The zero-order chi connectivity index (χ0) is 25.4. The first-order chi connectivity index (χ1) is 17.2. The number of carbonyl (C=O) groups excluding carboxylic acids is 3. The van der Waals surface area contributed by atoms with Crippen molar-refractivity contribution in [3.63, 3.8) is 0 Å². The highest BCUT2D eigenvalue weighted by Gasteiger charge is 2.35. The van der Waals surface area contributed by atoms with Gasteiger partial charge in [0.25, 0.3) is 17.7 Å². The molecule has 0 spiro atoms. The molecule has 36 heavy (non-hydrogen) atoms. The number of likely N-dealkylation sites (tertiary alicyclic amines) is 1. The van der Waals surface area contributed by atoms with E-state index < -0.39 is 5.60 Å². The van der Waals surface area contributed by atoms with E-state index in [4.69, 9.17) is 4.98 Å². The van der Waals surface area contributed by atoms with Crippen LogP contribution in [0.1, 0.15) is 76.6 Å². The Labute approximate surface area is 209 Å². The number of nitrogens with one attached hydrogen (secondary N) is 2. The summed E-state index contributed by atoms with van der Waals surface area (Å²) in [6, 6.07) is 11.9. The van der Waals surface area contributed by atoms with Crippen LogP contribution in [-0.2, 0) is 0 Å². The first-order valence-corrected chi connectivity index (χ1v) is 12.5. The van der Waals surface area contributed by atoms with E-state index in [2.05, 4.69) is 10.6 Å². The van der Waals surface area contributed by atoms with Crippen LogP contribution >= 0.6 is 0 Å². The number of nitrogens with zero attached hydrogens (tertiary/aromatic N) is 3. The number of carbonyl (C=O) groups is 3. The molecule has 188 valence electrons. The van der Waals surface area contributed by atoms with Gasteiger partial charge in [0.15, 0.2) is 0 Å². The van der Waals surface area contributed by atoms with E-state index in [9.17, 15) is 19.5 Å². The number of β-amino-alcohol motifs (C(OH)–C–C–N with tert-alkyl or cyclic N) is 1. The molecule has 3 N–H and O–H groups in total. The van der Waals surface area contributed by atoms with Crippen LogP contribution in [-0.4, -0.2) is 62.5 Å². The Morgan fingerprint density at radius 1 is 1.11 bits per heavy atom. The number of para-hydroxylation sites is 1. The van der Waals surface area contributed by atoms with E-state index in [0.717, 1.165) is 19.3 Å². The molecule has 2 aliphatic heterocycles. The number of benzene rings is 2. The van der Waals surface area contributed by atoms with Crippen molar-refractivity contribution < 1.29 is 19.5 Å². The highest BCUT2D eigenvalue weighted by atomic mass is 16.3. The number of imidazole rings is 1. The highest BCUT2D eigenvalue weighted by molar-refractivity contribution is 6.08. The molecule has 1 aromatic heterocycles. The average molecular weight is 490 g/mol. The van der Waals surface area contributed by atoms with Crippen LogP contribution in [0.3, 0.4) is 0 Å². The van der Waals surface area contributed by atoms with Gasteiger partial charge in [-0.15, -0.1) is 0 Å². The Morgan fingerprint density at radius 3 is 2.61 bits per heavy atom. The second-order valence-corrected chi connectivity index (χ2v) is 10.1. The molecule has 9 nitrogen and oxygen atoms in total. The fraction of sp³-hybridized carbons (Fsp3) is 0.407. The van der Waals surface area contributed by atoms with E-state index >= 15 is 0 Å². The van der Waals surface area contributed by atoms with Gasteiger partial charge in [-0.05, 0) is 69.9 Å². The summed E-state index contributed by atoms with van der Waals surface area (Å²) in [6.07, 6.45) is 2.95. The first-order valence-electron chi connectivity index (χ1n) is 12.5. The summed E-state index contributed by atoms with van der Waals surface area (Å²) >= 11 is 0. The molecule has 2 atom stereocenters. The number of anilines is 1. The minimum Gasteiger partial charge on any atom is -0.388 e. The molecular weight excluding hydrogens is 458 g/mol. The SMILES string of the molecule is C[C@H]1CCCCNC(=O)c2cccc(c2)C(=O)Nc2nc3cccc(C(=O)N4CC[C@@](C)(O)C4)c3n21. The van der Waals surface area contributed by atoms with Crippen molar-refractivity contribution in [3.05, 3.63) is 59.2 Å². The van der Waals surface area contributed by atoms with E-state index in [-0.39, 0.29) is 30.3 Å². The van der Waals surface area contributed by atoms with Gasteiger partial charge in [0, 0.05) is 36.8 Å². The van der Waals surface area contributed by atoms with Crippen molar-refractivity contribution in [3.8, 4) is 0 Å². The van der Waals surface area contributed by atoms with Crippen LogP contribution in [0, 0.1) is 0 Å². The predicted molar refractivity (Wildman–Crippen MR) is 136 cm³/mol. The van der Waals surface area contributed by atoms with Gasteiger partial charge in [-0.2, -0.15) is 0 Å². The number of aliphatic hydroxyl groups is 1. The second kappa shape index (κ2) is 9.39. The van der Waals surface area contributed by atoms with Crippen molar-refractivity contribution >= 4 is 34.7 Å². The van der Waals surface area contributed by atoms with Crippen molar-refractivity contribution in [2.24, 2.45) is 0 Å². The van der Waals surface area contributed by atoms with Gasteiger partial charge in [-0.1, -0.05) is 12.1 Å². The molecule has 1 saturated heterocycles. The lowest BCUT2D eigenvalue weighted by molar-refractivity contribution is 0.0573. The molecule has 0 unspecified atom stereocenters. The lowest BCUT2D eigenvalue weighted by Gasteiger charge is -2.22. The average Bonchev–Trinajstić information content (AvgIpc) is 3.41. The van der Waals surface area contributed by atoms with Gasteiger partial charge in [-0.3, -0.25) is 19.7 Å². The molecule has 2 bridgehead atoms. The molecule has 3 aromatic rings. The zero-order valence-corrected chi connectivity index (χ0v) is 20.6. The number of hydrogen-bond acceptors (Lipinski definition) is 5. The van der Waals surface area contributed by atoms with Crippen molar-refractivity contribution in [1.29, 1.82) is 0 Å². The van der Waals surface area contributed by atoms with Crippen LogP contribution in [0.15, 0.2) is 42.5 Å². The van der Waals surface area contributed by atoms with Crippen molar-refractivity contribution in [1.82, 2.24) is 19.8 Å². The summed E-state index contributed by atoms with van der Waals surface area (Å²) in [5, 5.41) is 16.2. The molecule has 3 heterocycles. The van der Waals surface area contributed by atoms with Crippen molar-refractivity contribution in [2.45, 2.75) is 51.2 Å². The number of aromatic nitrogens is 2. The summed E-state index contributed by atoms with van der Waals surface area (Å²) in [7, 11) is 0. The van der Waals surface area contributed by atoms with Gasteiger partial charge in [0.1, 0.15) is 0 Å². The smallest absolute Gasteiger partial charge is 0.257 e. The second-order valence-electron chi connectivity index (χ2n) is 10.1. The quantitative estimate of drug-likeness (QED) is 0.485. The summed E-state index contributed by atoms with van der Waals surface area (Å²) in [5.41, 5.74) is 1.67. The maximum absolute atomic E-state index is 13.6. The third-order valence-corrected chi connectivity index (χ3v) is 7.07. The van der Waals surface area contributed by atoms with Crippen LogP contribution < -0.4 is 10.6 Å². The molecule has 0 aliphatic carbocycles. The number of hydrogen-bond donors (Lipinski definition) is 3. The fourth-order valence-electron chi connectivity index (χ4n) is 5.10. The van der Waals surface area contributed by atoms with Gasteiger partial charge in [-0.25, -0.2) is 4.98 Å². The van der Waals surface area contributed by atoms with Crippen LogP contribution in [0.25, 0.3) is 11.0 Å². The van der Waals surface area contributed by atoms with E-state index in [0.29, 0.717) is 53.2 Å². The maximum atomic E-state index is 13.6. The van der Waals surface area contributed by atoms with E-state index in [1.807, 2.05) is 17.6 Å². The normalized spacial score (nSPS) is 23.1. The molecule has 1 fully saturated rings. The Bertz CT molecular complexity index is 1350. The lowest BCUT2D eigenvalue weighted by atomic mass is 10.1. The van der Waals surface area contributed by atoms with Gasteiger partial charge in [0.05, 0.1) is 22.2 Å². The van der Waals surface area contributed by atoms with Gasteiger partial charge < -0.3 is 19.9 Å². The summed E-state index contributed by atoms with van der Waals surface area (Å²) in [4.78, 5) is 45.6. The van der Waals surface area contributed by atoms with Crippen LogP contribution in [0.4, 0.5) is 5.95 Å². The Hall–Kier alpha value is -3.72. The molecule has 9 heteroatoms. The van der Waals surface area contributed by atoms with Crippen LogP contribution in [0.5, 0.6) is 0 Å². The molecule has 5 rings (SSSR count). The summed E-state index contributed by atoms with van der Waals surface area (Å²) < 4.78 is 1.95. The standard InChI is InChI=1S/C27H31N5O4/c1-17-7-3-4-13-28-23(33)18-8-5-9-19(15-18)24(34)30-26-29-21-11-6-10-20(22(21)32(17)26)25(35)31-14-12-27(2,36)16-31/h5-6,8-11,15,17,36H,3-4,7,12-14,16H2,1-2H3,(H,28,33)(H,29,30,34)/t17-,27+/m0/s1. The highest BCUT2D eigenvalue weighted by Crippen LogP contribution is 2.32. The Kier molecular flexibility index (Phi) is 6.26. The molecule has 0 saturated carbocycles. The van der Waals surface area contributed by atoms with Gasteiger partial charge >= 0.3 is 0 Å². The minimum absolute atomic E-state index is 0.0640. The lowest BCUT2D eigenvalue weighted by Crippen LogP contribution is -2.34. The number of amides is 3. The monoisotopic (exact) mass is 489 g/mol. The molecule has 0 radical (unpaired) electrons. The van der Waals surface area contributed by atoms with Crippen molar-refractivity contribution in [2.75, 3.05) is 25.0 Å². The number of fused-ring (bicyclic) bond motifs is 5. The van der Waals surface area contributed by atoms with Crippen LogP contribution in [0.2, 0.25) is 0 Å². The van der Waals surface area contributed by atoms with Gasteiger partial charge in [0.2, 0.25) is 5.95 Å². The predicted octanol–water partition coefficient (Wildman–Crippen LogP) is 3.36. The minimum atomic E-state index is -0.898. The molecule has 2 aliphatic rings. The molecule has 2 aromatic carbocycles. The number of rotatable bonds is 1. The molecular formula is C27H31N5O4. The third kappa shape index (κ3) is 4.58. The summed E-state index contributed by atoms with van der Waals surface area (Å²) in [6.45, 7) is 5.09.